The minimum atomic E-state index is -2.33. The van der Waals surface area contributed by atoms with Crippen molar-refractivity contribution >= 4 is 29.0 Å². The maximum Gasteiger partial charge on any atom is 0.220 e. The average molecular weight is 698 g/mol. The van der Waals surface area contributed by atoms with Crippen LogP contribution in [0.5, 0.6) is 17.2 Å². The molecule has 3 aliphatic rings. The Morgan fingerprint density at radius 2 is 1.74 bits per heavy atom. The first-order chi connectivity index (χ1) is 23.5. The van der Waals surface area contributed by atoms with Gasteiger partial charge in [-0.05, 0) is 19.4 Å². The molecule has 2 aromatic carbocycles. The van der Waals surface area contributed by atoms with E-state index in [4.69, 9.17) is 14.2 Å². The van der Waals surface area contributed by atoms with Crippen LogP contribution in [0, 0.1) is 5.41 Å². The molecule has 0 saturated carbocycles. The SMILES string of the molecule is CCC(C)(C)C(=O)CCC(=O)N[C@H]1CC(O[C@H]2C[C@](O)(C(=O)CO)Cc3c(O)c4c(c(O)c32)C(=O)c2c(OC)cccc2C4=O)O[C@@H](C)[C@H]1O. The summed E-state index contributed by atoms with van der Waals surface area (Å²) in [5, 5.41) is 58.0. The number of benzene rings is 2. The fourth-order valence-electron chi connectivity index (χ4n) is 6.90. The van der Waals surface area contributed by atoms with Crippen LogP contribution in [0.3, 0.4) is 0 Å². The summed E-state index contributed by atoms with van der Waals surface area (Å²) in [4.78, 5) is 65.9. The van der Waals surface area contributed by atoms with Crippen LogP contribution in [0.4, 0.5) is 0 Å². The number of carbonyl (C=O) groups excluding carboxylic acids is 5. The van der Waals surface area contributed by atoms with E-state index in [1.165, 1.54) is 32.2 Å². The van der Waals surface area contributed by atoms with Gasteiger partial charge < -0.3 is 45.1 Å². The molecule has 6 atom stereocenters. The predicted molar refractivity (Wildman–Crippen MR) is 174 cm³/mol. The van der Waals surface area contributed by atoms with Crippen molar-refractivity contribution in [2.75, 3.05) is 13.7 Å². The lowest BCUT2D eigenvalue weighted by Crippen LogP contribution is -2.56. The number of methoxy groups -OCH3 is 1. The lowest BCUT2D eigenvalue weighted by atomic mass is 9.72. The zero-order chi connectivity index (χ0) is 36.9. The van der Waals surface area contributed by atoms with Crippen LogP contribution < -0.4 is 10.1 Å². The van der Waals surface area contributed by atoms with Crippen molar-refractivity contribution in [2.45, 2.75) is 102 Å². The van der Waals surface area contributed by atoms with E-state index in [1.807, 2.05) is 6.92 Å². The van der Waals surface area contributed by atoms with E-state index in [9.17, 15) is 49.5 Å². The molecule has 1 unspecified atom stereocenters. The number of rotatable bonds is 11. The minimum absolute atomic E-state index is 0.00244. The number of hydrogen-bond acceptors (Lipinski definition) is 13. The van der Waals surface area contributed by atoms with Gasteiger partial charge in [-0.25, -0.2) is 0 Å². The lowest BCUT2D eigenvalue weighted by molar-refractivity contribution is -0.249. The Labute approximate surface area is 288 Å². The minimum Gasteiger partial charge on any atom is -0.507 e. The molecule has 14 nitrogen and oxygen atoms in total. The molecule has 2 aromatic rings. The van der Waals surface area contributed by atoms with Gasteiger partial charge in [0.05, 0.1) is 42.0 Å². The second kappa shape index (κ2) is 13.8. The topological polar surface area (TPSA) is 226 Å². The standard InChI is InChI=1S/C36H43NO13/c1-6-35(3,4)22(39)10-11-24(41)37-19-12-25(49-16(2)30(19)42)50-21-14-36(47,23(40)15-38)13-18-27(21)34(46)29-28(32(18)44)31(43)17-8-7-9-20(48-5)26(17)33(29)45/h7-9,16,19,21,25,30,38,42,44,46-47H,6,10-15H2,1-5H3,(H,37,41)/t16-,19-,21-,25?,30+,36-/m0/s1. The number of phenols is 2. The molecule has 14 heteroatoms. The van der Waals surface area contributed by atoms with Gasteiger partial charge >= 0.3 is 0 Å². The van der Waals surface area contributed by atoms with Crippen molar-refractivity contribution in [3.05, 3.63) is 51.6 Å². The fourth-order valence-corrected chi connectivity index (χ4v) is 6.90. The van der Waals surface area contributed by atoms with E-state index in [2.05, 4.69) is 5.32 Å². The molecule has 0 spiro atoms. The van der Waals surface area contributed by atoms with Crippen molar-refractivity contribution in [1.82, 2.24) is 5.32 Å². The average Bonchev–Trinajstić information content (AvgIpc) is 3.08. The predicted octanol–water partition coefficient (Wildman–Crippen LogP) is 1.94. The Hall–Kier alpha value is -4.21. The quantitative estimate of drug-likeness (QED) is 0.158. The van der Waals surface area contributed by atoms with Crippen molar-refractivity contribution in [3.63, 3.8) is 0 Å². The van der Waals surface area contributed by atoms with Crippen LogP contribution in [0.15, 0.2) is 18.2 Å². The molecular formula is C36H43NO13. The molecule has 50 heavy (non-hydrogen) atoms. The van der Waals surface area contributed by atoms with Crippen molar-refractivity contribution in [2.24, 2.45) is 5.41 Å². The Morgan fingerprint density at radius 1 is 1.06 bits per heavy atom. The molecule has 6 N–H and O–H groups in total. The Balaban J connectivity index is 1.49. The Morgan fingerprint density at radius 3 is 2.38 bits per heavy atom. The van der Waals surface area contributed by atoms with Gasteiger partial charge in [-0.3, -0.25) is 24.0 Å². The molecule has 270 valence electrons. The van der Waals surface area contributed by atoms with Gasteiger partial charge in [0.25, 0.3) is 0 Å². The number of phenolic OH excluding ortho intramolecular Hbond substituents is 2. The van der Waals surface area contributed by atoms with E-state index in [0.29, 0.717) is 6.42 Å². The van der Waals surface area contributed by atoms with Gasteiger partial charge in [0, 0.05) is 54.2 Å². The third kappa shape index (κ3) is 6.42. The number of hydrogen-bond donors (Lipinski definition) is 6. The van der Waals surface area contributed by atoms with Crippen molar-refractivity contribution in [1.29, 1.82) is 0 Å². The van der Waals surface area contributed by atoms with Crippen LogP contribution in [0.25, 0.3) is 0 Å². The summed E-state index contributed by atoms with van der Waals surface area (Å²) >= 11 is 0. The third-order valence-electron chi connectivity index (χ3n) is 10.3. The molecule has 0 bridgehead atoms. The zero-order valence-corrected chi connectivity index (χ0v) is 28.6. The Kier molecular flexibility index (Phi) is 10.3. The molecule has 2 aliphatic carbocycles. The van der Waals surface area contributed by atoms with Gasteiger partial charge in [-0.1, -0.05) is 32.9 Å². The number of ether oxygens (including phenoxy) is 3. The highest BCUT2D eigenvalue weighted by molar-refractivity contribution is 6.31. The van der Waals surface area contributed by atoms with E-state index in [0.717, 1.165) is 0 Å². The molecule has 1 aliphatic heterocycles. The number of aliphatic hydroxyl groups excluding tert-OH is 2. The number of fused-ring (bicyclic) bond motifs is 3. The molecule has 1 amide bonds. The summed E-state index contributed by atoms with van der Waals surface area (Å²) in [5.41, 5.74) is -4.61. The molecule has 0 radical (unpaired) electrons. The van der Waals surface area contributed by atoms with E-state index in [-0.39, 0.29) is 53.0 Å². The number of aromatic hydroxyl groups is 2. The summed E-state index contributed by atoms with van der Waals surface area (Å²) in [6.45, 7) is 5.94. The van der Waals surface area contributed by atoms with Crippen molar-refractivity contribution in [3.8, 4) is 17.2 Å². The highest BCUT2D eigenvalue weighted by atomic mass is 16.7. The second-order valence-electron chi connectivity index (χ2n) is 13.8. The number of amides is 1. The van der Waals surface area contributed by atoms with Crippen LogP contribution in [0.2, 0.25) is 0 Å². The normalized spacial score (nSPS) is 26.0. The number of nitrogens with one attached hydrogen (secondary N) is 1. The summed E-state index contributed by atoms with van der Waals surface area (Å²) < 4.78 is 17.4. The maximum absolute atomic E-state index is 13.9. The Bertz CT molecular complexity index is 1750. The van der Waals surface area contributed by atoms with Gasteiger partial charge in [0.15, 0.2) is 17.9 Å². The fraction of sp³-hybridized carbons (Fsp3) is 0.528. The van der Waals surface area contributed by atoms with Gasteiger partial charge in [-0.15, -0.1) is 0 Å². The number of Topliss-reactive ketones (excluding diaryl/α,β-unsaturated/α-hetero) is 2. The third-order valence-corrected chi connectivity index (χ3v) is 10.3. The highest BCUT2D eigenvalue weighted by Gasteiger charge is 2.50. The first-order valence-corrected chi connectivity index (χ1v) is 16.5. The molecule has 1 heterocycles. The highest BCUT2D eigenvalue weighted by Crippen LogP contribution is 2.52. The van der Waals surface area contributed by atoms with Crippen molar-refractivity contribution < 1.29 is 63.7 Å². The summed E-state index contributed by atoms with van der Waals surface area (Å²) in [5.74, 6) is -4.62. The number of carbonyl (C=O) groups is 5. The number of aliphatic hydroxyl groups is 3. The first kappa shape index (κ1) is 37.1. The van der Waals surface area contributed by atoms with Crippen LogP contribution in [-0.2, 0) is 30.3 Å². The maximum atomic E-state index is 13.9. The summed E-state index contributed by atoms with van der Waals surface area (Å²) in [7, 11) is 1.31. The van der Waals surface area contributed by atoms with Crippen LogP contribution in [-0.4, -0.2) is 98.4 Å². The molecule has 1 saturated heterocycles. The van der Waals surface area contributed by atoms with E-state index in [1.54, 1.807) is 13.8 Å². The van der Waals surface area contributed by atoms with Crippen LogP contribution in [0.1, 0.15) is 109 Å². The summed E-state index contributed by atoms with van der Waals surface area (Å²) in [6, 6.07) is 3.39. The van der Waals surface area contributed by atoms with E-state index >= 15 is 0 Å². The largest absolute Gasteiger partial charge is 0.507 e. The van der Waals surface area contributed by atoms with Crippen LogP contribution >= 0.6 is 0 Å². The van der Waals surface area contributed by atoms with Gasteiger partial charge in [0.1, 0.15) is 41.3 Å². The van der Waals surface area contributed by atoms with E-state index < -0.39 is 107 Å². The van der Waals surface area contributed by atoms with Gasteiger partial charge in [0.2, 0.25) is 11.7 Å². The smallest absolute Gasteiger partial charge is 0.220 e. The number of ketones is 4. The lowest BCUT2D eigenvalue weighted by Gasteiger charge is -2.43. The summed E-state index contributed by atoms with van der Waals surface area (Å²) in [6.07, 6.45) is -5.64. The van der Waals surface area contributed by atoms with Gasteiger partial charge in [-0.2, -0.15) is 0 Å². The monoisotopic (exact) mass is 697 g/mol. The first-order valence-electron chi connectivity index (χ1n) is 16.5. The zero-order valence-electron chi connectivity index (χ0n) is 28.6. The molecule has 5 rings (SSSR count). The molecule has 0 aromatic heterocycles. The molecular weight excluding hydrogens is 654 g/mol. The molecule has 1 fully saturated rings. The second-order valence-corrected chi connectivity index (χ2v) is 13.8.